The Bertz CT molecular complexity index is 408. The Balaban J connectivity index is 1.97. The third-order valence-corrected chi connectivity index (χ3v) is 4.13. The first-order chi connectivity index (χ1) is 9.72. The lowest BCUT2D eigenvalue weighted by molar-refractivity contribution is 0.199. The molecule has 112 valence electrons. The Morgan fingerprint density at radius 1 is 1.50 bits per heavy atom. The third kappa shape index (κ3) is 3.93. The van der Waals surface area contributed by atoms with E-state index in [1.54, 1.807) is 7.11 Å². The molecule has 0 aliphatic carbocycles. The third-order valence-electron chi connectivity index (χ3n) is 4.13. The summed E-state index contributed by atoms with van der Waals surface area (Å²) in [5, 5.41) is 3.41. The molecule has 1 aromatic rings. The van der Waals surface area contributed by atoms with Crippen LogP contribution in [0.15, 0.2) is 18.3 Å². The molecule has 1 aromatic heterocycles. The van der Waals surface area contributed by atoms with Gasteiger partial charge in [-0.1, -0.05) is 19.9 Å². The molecule has 1 N–H and O–H groups in total. The fourth-order valence-corrected chi connectivity index (χ4v) is 2.77. The van der Waals surface area contributed by atoms with Gasteiger partial charge in [0.15, 0.2) is 0 Å². The van der Waals surface area contributed by atoms with Gasteiger partial charge in [-0.2, -0.15) is 0 Å². The Morgan fingerprint density at radius 3 is 3.05 bits per heavy atom. The van der Waals surface area contributed by atoms with Crippen molar-refractivity contribution in [3.05, 3.63) is 23.9 Å². The average molecular weight is 277 g/mol. The monoisotopic (exact) mass is 277 g/mol. The summed E-state index contributed by atoms with van der Waals surface area (Å²) < 4.78 is 5.06. The van der Waals surface area contributed by atoms with Crippen LogP contribution < -0.4 is 10.2 Å². The summed E-state index contributed by atoms with van der Waals surface area (Å²) in [7, 11) is 1.73. The van der Waals surface area contributed by atoms with Crippen LogP contribution in [0.4, 0.5) is 5.82 Å². The van der Waals surface area contributed by atoms with E-state index in [0.29, 0.717) is 0 Å². The highest BCUT2D eigenvalue weighted by molar-refractivity contribution is 5.47. The van der Waals surface area contributed by atoms with Crippen LogP contribution in [0.25, 0.3) is 0 Å². The fourth-order valence-electron chi connectivity index (χ4n) is 2.77. The van der Waals surface area contributed by atoms with E-state index in [4.69, 9.17) is 4.74 Å². The second-order valence-electron chi connectivity index (χ2n) is 5.89. The van der Waals surface area contributed by atoms with Gasteiger partial charge in [-0.05, 0) is 24.3 Å². The van der Waals surface area contributed by atoms with Crippen molar-refractivity contribution in [2.75, 3.05) is 38.3 Å². The van der Waals surface area contributed by atoms with Crippen LogP contribution in [0.1, 0.15) is 25.8 Å². The molecule has 1 aliphatic rings. The van der Waals surface area contributed by atoms with E-state index >= 15 is 0 Å². The molecule has 0 amide bonds. The number of nitrogens with one attached hydrogen (secondary N) is 1. The minimum absolute atomic E-state index is 0.745. The summed E-state index contributed by atoms with van der Waals surface area (Å²) in [4.78, 5) is 7.05. The van der Waals surface area contributed by atoms with E-state index in [9.17, 15) is 0 Å². The normalized spacial score (nSPS) is 19.0. The van der Waals surface area contributed by atoms with E-state index in [-0.39, 0.29) is 0 Å². The van der Waals surface area contributed by atoms with Crippen molar-refractivity contribution >= 4 is 5.82 Å². The van der Waals surface area contributed by atoms with Gasteiger partial charge < -0.3 is 15.0 Å². The zero-order valence-corrected chi connectivity index (χ0v) is 12.9. The maximum atomic E-state index is 5.06. The first-order valence-corrected chi connectivity index (χ1v) is 7.61. The Labute approximate surface area is 122 Å². The van der Waals surface area contributed by atoms with Crippen LogP contribution in [0, 0.1) is 11.8 Å². The zero-order chi connectivity index (χ0) is 14.4. The second-order valence-corrected chi connectivity index (χ2v) is 5.89. The highest BCUT2D eigenvalue weighted by Gasteiger charge is 2.26. The first-order valence-electron chi connectivity index (χ1n) is 7.61. The maximum absolute atomic E-state index is 5.06. The van der Waals surface area contributed by atoms with Gasteiger partial charge in [0.2, 0.25) is 0 Å². The molecule has 1 atom stereocenters. The number of aromatic nitrogens is 1. The van der Waals surface area contributed by atoms with Crippen molar-refractivity contribution in [1.82, 2.24) is 10.3 Å². The molecule has 2 rings (SSSR count). The standard InChI is InChI=1S/C16H27N3O/c1-13(2)15-6-9-19(12-15)16-14(5-4-7-18-16)11-17-8-10-20-3/h4-5,7,13,15,17H,6,8-12H2,1-3H3. The van der Waals surface area contributed by atoms with Crippen LogP contribution in [0.2, 0.25) is 0 Å². The molecule has 1 unspecified atom stereocenters. The maximum Gasteiger partial charge on any atom is 0.133 e. The van der Waals surface area contributed by atoms with E-state index < -0.39 is 0 Å². The Morgan fingerprint density at radius 2 is 2.35 bits per heavy atom. The second kappa shape index (κ2) is 7.60. The summed E-state index contributed by atoms with van der Waals surface area (Å²) in [5.41, 5.74) is 1.29. The molecular formula is C16H27N3O. The molecule has 1 saturated heterocycles. The number of anilines is 1. The lowest BCUT2D eigenvalue weighted by Crippen LogP contribution is -2.25. The number of hydrogen-bond acceptors (Lipinski definition) is 4. The lowest BCUT2D eigenvalue weighted by atomic mass is 9.95. The van der Waals surface area contributed by atoms with Crippen molar-refractivity contribution < 1.29 is 4.74 Å². The van der Waals surface area contributed by atoms with E-state index in [1.807, 2.05) is 12.3 Å². The molecule has 0 bridgehead atoms. The summed E-state index contributed by atoms with van der Waals surface area (Å²) in [6.45, 7) is 9.38. The molecule has 0 aromatic carbocycles. The minimum atomic E-state index is 0.745. The van der Waals surface area contributed by atoms with Crippen molar-refractivity contribution in [2.24, 2.45) is 11.8 Å². The summed E-state index contributed by atoms with van der Waals surface area (Å²) in [5.74, 6) is 2.71. The topological polar surface area (TPSA) is 37.4 Å². The number of ether oxygens (including phenoxy) is 1. The largest absolute Gasteiger partial charge is 0.383 e. The van der Waals surface area contributed by atoms with E-state index in [0.717, 1.165) is 50.4 Å². The number of pyridine rings is 1. The summed E-state index contributed by atoms with van der Waals surface area (Å²) in [6.07, 6.45) is 3.18. The number of rotatable bonds is 7. The van der Waals surface area contributed by atoms with Gasteiger partial charge in [-0.15, -0.1) is 0 Å². The van der Waals surface area contributed by atoms with Crippen molar-refractivity contribution in [3.63, 3.8) is 0 Å². The van der Waals surface area contributed by atoms with Gasteiger partial charge >= 0.3 is 0 Å². The van der Waals surface area contributed by atoms with Gasteiger partial charge in [-0.3, -0.25) is 0 Å². The number of hydrogen-bond donors (Lipinski definition) is 1. The molecule has 20 heavy (non-hydrogen) atoms. The molecule has 1 aliphatic heterocycles. The Hall–Kier alpha value is -1.13. The molecule has 0 saturated carbocycles. The van der Waals surface area contributed by atoms with Gasteiger partial charge in [-0.25, -0.2) is 4.98 Å². The predicted molar refractivity (Wildman–Crippen MR) is 83.0 cm³/mol. The molecule has 2 heterocycles. The lowest BCUT2D eigenvalue weighted by Gasteiger charge is -2.21. The summed E-state index contributed by atoms with van der Waals surface area (Å²) >= 11 is 0. The van der Waals surface area contributed by atoms with Gasteiger partial charge in [0.1, 0.15) is 5.82 Å². The van der Waals surface area contributed by atoms with Gasteiger partial charge in [0.05, 0.1) is 6.61 Å². The molecule has 4 heteroatoms. The fraction of sp³-hybridized carbons (Fsp3) is 0.688. The molecule has 1 fully saturated rings. The number of methoxy groups -OCH3 is 1. The Kier molecular flexibility index (Phi) is 5.80. The zero-order valence-electron chi connectivity index (χ0n) is 12.9. The molecular weight excluding hydrogens is 250 g/mol. The van der Waals surface area contributed by atoms with E-state index in [1.165, 1.54) is 12.0 Å². The van der Waals surface area contributed by atoms with Crippen LogP contribution in [0.3, 0.4) is 0 Å². The predicted octanol–water partition coefficient (Wildman–Crippen LogP) is 2.30. The van der Waals surface area contributed by atoms with Crippen molar-refractivity contribution in [3.8, 4) is 0 Å². The smallest absolute Gasteiger partial charge is 0.133 e. The first kappa shape index (κ1) is 15.3. The molecule has 4 nitrogen and oxygen atoms in total. The number of nitrogens with zero attached hydrogens (tertiary/aromatic N) is 2. The van der Waals surface area contributed by atoms with Crippen LogP contribution in [0.5, 0.6) is 0 Å². The van der Waals surface area contributed by atoms with Crippen molar-refractivity contribution in [1.29, 1.82) is 0 Å². The van der Waals surface area contributed by atoms with Crippen LogP contribution in [-0.2, 0) is 11.3 Å². The molecule has 0 radical (unpaired) electrons. The average Bonchev–Trinajstić information content (AvgIpc) is 2.94. The van der Waals surface area contributed by atoms with E-state index in [2.05, 4.69) is 35.1 Å². The highest BCUT2D eigenvalue weighted by Crippen LogP contribution is 2.28. The highest BCUT2D eigenvalue weighted by atomic mass is 16.5. The SMILES string of the molecule is COCCNCc1cccnc1N1CCC(C(C)C)C1. The quantitative estimate of drug-likeness (QED) is 0.776. The van der Waals surface area contributed by atoms with Crippen molar-refractivity contribution in [2.45, 2.75) is 26.8 Å². The minimum Gasteiger partial charge on any atom is -0.383 e. The van der Waals surface area contributed by atoms with Gasteiger partial charge in [0.25, 0.3) is 0 Å². The molecule has 0 spiro atoms. The van der Waals surface area contributed by atoms with Crippen LogP contribution >= 0.6 is 0 Å². The summed E-state index contributed by atoms with van der Waals surface area (Å²) in [6, 6.07) is 4.19. The van der Waals surface area contributed by atoms with Crippen LogP contribution in [-0.4, -0.2) is 38.3 Å². The van der Waals surface area contributed by atoms with Gasteiger partial charge in [0, 0.05) is 45.0 Å².